The Balaban J connectivity index is 0.000000336. The van der Waals surface area contributed by atoms with E-state index >= 15 is 0 Å². The van der Waals surface area contributed by atoms with Crippen molar-refractivity contribution in [3.8, 4) is 0 Å². The summed E-state index contributed by atoms with van der Waals surface area (Å²) in [4.78, 5) is 0. The summed E-state index contributed by atoms with van der Waals surface area (Å²) in [6.07, 6.45) is 0.796. The maximum absolute atomic E-state index is 5.58. The molecular weight excluding hydrogens is 152 g/mol. The van der Waals surface area contributed by atoms with Crippen molar-refractivity contribution in [2.45, 2.75) is 39.9 Å². The SMILES string of the molecule is CC.CC1CO[C@@H]2C(C)CO[C@H]12. The van der Waals surface area contributed by atoms with Gasteiger partial charge in [0.05, 0.1) is 25.4 Å². The van der Waals surface area contributed by atoms with Gasteiger partial charge in [0.25, 0.3) is 0 Å². The third-order valence-corrected chi connectivity index (χ3v) is 2.55. The first-order valence-electron chi connectivity index (χ1n) is 5.02. The number of hydrogen-bond acceptors (Lipinski definition) is 2. The average Bonchev–Trinajstić information content (AvgIpc) is 2.62. The van der Waals surface area contributed by atoms with Gasteiger partial charge in [-0.15, -0.1) is 0 Å². The van der Waals surface area contributed by atoms with Crippen LogP contribution in [0.2, 0.25) is 0 Å². The zero-order valence-corrected chi connectivity index (χ0v) is 8.54. The summed E-state index contributed by atoms with van der Waals surface area (Å²) in [6, 6.07) is 0. The van der Waals surface area contributed by atoms with Gasteiger partial charge in [0.2, 0.25) is 0 Å². The van der Waals surface area contributed by atoms with Gasteiger partial charge in [-0.05, 0) is 0 Å². The van der Waals surface area contributed by atoms with Gasteiger partial charge < -0.3 is 9.47 Å². The molecule has 2 aliphatic heterocycles. The van der Waals surface area contributed by atoms with Crippen molar-refractivity contribution in [2.75, 3.05) is 13.2 Å². The molecule has 12 heavy (non-hydrogen) atoms. The van der Waals surface area contributed by atoms with Gasteiger partial charge in [-0.2, -0.15) is 0 Å². The lowest BCUT2D eigenvalue weighted by atomic mass is 9.99. The van der Waals surface area contributed by atoms with Crippen molar-refractivity contribution in [2.24, 2.45) is 11.8 Å². The second-order valence-corrected chi connectivity index (χ2v) is 3.55. The normalized spacial score (nSPS) is 45.0. The lowest BCUT2D eigenvalue weighted by Gasteiger charge is -2.10. The molecule has 2 saturated heterocycles. The fourth-order valence-electron chi connectivity index (χ4n) is 1.88. The highest BCUT2D eigenvalue weighted by Gasteiger charge is 2.43. The van der Waals surface area contributed by atoms with Crippen LogP contribution in [0.25, 0.3) is 0 Å². The molecule has 0 aromatic carbocycles. The van der Waals surface area contributed by atoms with Crippen molar-refractivity contribution < 1.29 is 9.47 Å². The Labute approximate surface area is 75.2 Å². The van der Waals surface area contributed by atoms with Crippen LogP contribution in [0.4, 0.5) is 0 Å². The third kappa shape index (κ3) is 1.64. The average molecular weight is 172 g/mol. The number of ether oxygens (including phenoxy) is 2. The third-order valence-electron chi connectivity index (χ3n) is 2.55. The molecule has 0 aromatic heterocycles. The maximum Gasteiger partial charge on any atom is 0.0887 e. The van der Waals surface area contributed by atoms with E-state index in [2.05, 4.69) is 13.8 Å². The summed E-state index contributed by atoms with van der Waals surface area (Å²) in [6.45, 7) is 10.2. The quantitative estimate of drug-likeness (QED) is 0.557. The van der Waals surface area contributed by atoms with Crippen LogP contribution >= 0.6 is 0 Å². The molecule has 0 N–H and O–H groups in total. The molecule has 2 rings (SSSR count). The summed E-state index contributed by atoms with van der Waals surface area (Å²) >= 11 is 0. The molecule has 2 heterocycles. The van der Waals surface area contributed by atoms with Gasteiger partial charge >= 0.3 is 0 Å². The number of fused-ring (bicyclic) bond motifs is 1. The van der Waals surface area contributed by atoms with Gasteiger partial charge in [-0.3, -0.25) is 0 Å². The first kappa shape index (κ1) is 10.0. The summed E-state index contributed by atoms with van der Waals surface area (Å²) < 4.78 is 11.2. The summed E-state index contributed by atoms with van der Waals surface area (Å²) in [5.74, 6) is 1.21. The molecule has 0 aliphatic carbocycles. The lowest BCUT2D eigenvalue weighted by molar-refractivity contribution is 0.0627. The molecule has 0 saturated carbocycles. The molecule has 0 bridgehead atoms. The second-order valence-electron chi connectivity index (χ2n) is 3.55. The van der Waals surface area contributed by atoms with E-state index in [0.29, 0.717) is 24.0 Å². The van der Waals surface area contributed by atoms with Gasteiger partial charge in [0, 0.05) is 11.8 Å². The van der Waals surface area contributed by atoms with Crippen molar-refractivity contribution in [1.29, 1.82) is 0 Å². The van der Waals surface area contributed by atoms with Crippen LogP contribution in [0.5, 0.6) is 0 Å². The number of hydrogen-bond donors (Lipinski definition) is 0. The molecule has 0 aromatic rings. The van der Waals surface area contributed by atoms with Gasteiger partial charge in [-0.1, -0.05) is 27.7 Å². The molecule has 2 unspecified atom stereocenters. The van der Waals surface area contributed by atoms with E-state index in [0.717, 1.165) is 13.2 Å². The van der Waals surface area contributed by atoms with E-state index in [1.165, 1.54) is 0 Å². The predicted molar refractivity (Wildman–Crippen MR) is 49.2 cm³/mol. The highest BCUT2D eigenvalue weighted by molar-refractivity contribution is 4.90. The Hall–Kier alpha value is -0.0800. The summed E-state index contributed by atoms with van der Waals surface area (Å²) in [5.41, 5.74) is 0. The Bertz CT molecular complexity index is 120. The van der Waals surface area contributed by atoms with E-state index in [1.807, 2.05) is 13.8 Å². The van der Waals surface area contributed by atoms with Gasteiger partial charge in [0.1, 0.15) is 0 Å². The first-order valence-corrected chi connectivity index (χ1v) is 5.02. The minimum absolute atomic E-state index is 0.398. The predicted octanol–water partition coefficient (Wildman–Crippen LogP) is 2.08. The summed E-state index contributed by atoms with van der Waals surface area (Å²) in [7, 11) is 0. The standard InChI is InChI=1S/C8H14O2.C2H6/c1-5-3-9-8-6(2)4-10-7(5)8;1-2/h5-8H,3-4H2,1-2H3;1-2H3/t5?,6?,7-,8-;/m1./s1. The zero-order valence-electron chi connectivity index (χ0n) is 8.54. The Morgan fingerprint density at radius 2 is 1.17 bits per heavy atom. The Morgan fingerprint density at radius 1 is 0.833 bits per heavy atom. The minimum atomic E-state index is 0.398. The monoisotopic (exact) mass is 172 g/mol. The molecular formula is C10H20O2. The molecule has 0 spiro atoms. The molecule has 2 aliphatic rings. The summed E-state index contributed by atoms with van der Waals surface area (Å²) in [5, 5.41) is 0. The van der Waals surface area contributed by atoms with Crippen LogP contribution in [0.15, 0.2) is 0 Å². The van der Waals surface area contributed by atoms with Crippen molar-refractivity contribution in [3.63, 3.8) is 0 Å². The molecule has 0 radical (unpaired) electrons. The van der Waals surface area contributed by atoms with E-state index in [-0.39, 0.29) is 0 Å². The van der Waals surface area contributed by atoms with Crippen LogP contribution in [0.3, 0.4) is 0 Å². The van der Waals surface area contributed by atoms with Gasteiger partial charge in [-0.25, -0.2) is 0 Å². The fraction of sp³-hybridized carbons (Fsp3) is 1.00. The number of rotatable bonds is 0. The minimum Gasteiger partial charge on any atom is -0.375 e. The van der Waals surface area contributed by atoms with Crippen molar-refractivity contribution >= 4 is 0 Å². The van der Waals surface area contributed by atoms with E-state index in [9.17, 15) is 0 Å². The molecule has 4 atom stereocenters. The van der Waals surface area contributed by atoms with Crippen molar-refractivity contribution in [1.82, 2.24) is 0 Å². The van der Waals surface area contributed by atoms with Crippen LogP contribution in [-0.2, 0) is 9.47 Å². The van der Waals surface area contributed by atoms with Crippen LogP contribution in [0, 0.1) is 11.8 Å². The Morgan fingerprint density at radius 3 is 1.50 bits per heavy atom. The van der Waals surface area contributed by atoms with Gasteiger partial charge in [0.15, 0.2) is 0 Å². The maximum atomic E-state index is 5.58. The van der Waals surface area contributed by atoms with E-state index < -0.39 is 0 Å². The second kappa shape index (κ2) is 4.24. The zero-order chi connectivity index (χ0) is 9.14. The molecule has 2 heteroatoms. The Kier molecular flexibility index (Phi) is 3.53. The molecule has 72 valence electrons. The van der Waals surface area contributed by atoms with Crippen molar-refractivity contribution in [3.05, 3.63) is 0 Å². The smallest absolute Gasteiger partial charge is 0.0887 e. The molecule has 2 nitrogen and oxygen atoms in total. The lowest BCUT2D eigenvalue weighted by Crippen LogP contribution is -2.23. The fourth-order valence-corrected chi connectivity index (χ4v) is 1.88. The molecule has 0 amide bonds. The topological polar surface area (TPSA) is 18.5 Å². The highest BCUT2D eigenvalue weighted by Crippen LogP contribution is 2.33. The van der Waals surface area contributed by atoms with E-state index in [4.69, 9.17) is 9.47 Å². The molecule has 2 fully saturated rings. The van der Waals surface area contributed by atoms with Crippen LogP contribution < -0.4 is 0 Å². The largest absolute Gasteiger partial charge is 0.375 e. The highest BCUT2D eigenvalue weighted by atomic mass is 16.6. The van der Waals surface area contributed by atoms with E-state index in [1.54, 1.807) is 0 Å². The first-order chi connectivity index (χ1) is 5.79. The van der Waals surface area contributed by atoms with Crippen LogP contribution in [-0.4, -0.2) is 25.4 Å². The van der Waals surface area contributed by atoms with Crippen LogP contribution in [0.1, 0.15) is 27.7 Å².